The highest BCUT2D eigenvalue weighted by Crippen LogP contribution is 2.16. The minimum absolute atomic E-state index is 0.0149. The Morgan fingerprint density at radius 3 is 2.63 bits per heavy atom. The lowest BCUT2D eigenvalue weighted by Gasteiger charge is -2.12. The third-order valence-corrected chi connectivity index (χ3v) is 3.89. The van der Waals surface area contributed by atoms with Crippen molar-refractivity contribution in [2.45, 2.75) is 17.9 Å². The monoisotopic (exact) mass is 291 g/mol. The molecule has 0 aliphatic heterocycles. The molecule has 8 heteroatoms. The molecule has 1 rings (SSSR count). The van der Waals surface area contributed by atoms with Crippen LogP contribution in [-0.2, 0) is 14.8 Å². The number of halogens is 1. The van der Waals surface area contributed by atoms with Gasteiger partial charge in [0.2, 0.25) is 10.0 Å². The van der Waals surface area contributed by atoms with Crippen LogP contribution < -0.4 is 4.72 Å². The topological polar surface area (TPSA) is 92.7 Å². The second-order valence-corrected chi connectivity index (χ2v) is 5.58. The molecule has 0 amide bonds. The van der Waals surface area contributed by atoms with E-state index >= 15 is 0 Å². The van der Waals surface area contributed by atoms with Crippen molar-refractivity contribution in [2.75, 3.05) is 13.7 Å². The summed E-state index contributed by atoms with van der Waals surface area (Å²) >= 11 is 0. The standard InChI is InChI=1S/C11H14FNO5S/c1-7(18-2)6-13-19(16,17)10-4-3-8(11(14)15)5-9(10)12/h3-5,7,13H,6H2,1-2H3,(H,14,15). The van der Waals surface area contributed by atoms with E-state index in [9.17, 15) is 17.6 Å². The van der Waals surface area contributed by atoms with Crippen LogP contribution in [0.1, 0.15) is 17.3 Å². The largest absolute Gasteiger partial charge is 0.478 e. The number of hydrogen-bond donors (Lipinski definition) is 2. The van der Waals surface area contributed by atoms with Gasteiger partial charge >= 0.3 is 5.97 Å². The molecule has 0 fully saturated rings. The van der Waals surface area contributed by atoms with Gasteiger partial charge in [-0.3, -0.25) is 0 Å². The first-order valence-electron chi connectivity index (χ1n) is 5.33. The maximum atomic E-state index is 13.6. The molecule has 1 atom stereocenters. The summed E-state index contributed by atoms with van der Waals surface area (Å²) in [5.41, 5.74) is -0.318. The van der Waals surface area contributed by atoms with Gasteiger partial charge in [-0.25, -0.2) is 22.3 Å². The van der Waals surface area contributed by atoms with Crippen molar-refractivity contribution in [1.29, 1.82) is 0 Å². The number of ether oxygens (including phenoxy) is 1. The summed E-state index contributed by atoms with van der Waals surface area (Å²) in [4.78, 5) is 10.0. The molecule has 2 N–H and O–H groups in total. The van der Waals surface area contributed by atoms with Crippen LogP contribution in [0.4, 0.5) is 4.39 Å². The average Bonchev–Trinajstić information content (AvgIpc) is 2.35. The molecule has 1 unspecified atom stereocenters. The van der Waals surface area contributed by atoms with E-state index in [1.165, 1.54) is 7.11 Å². The number of nitrogens with one attached hydrogen (secondary N) is 1. The first kappa shape index (κ1) is 15.5. The molecule has 1 aromatic carbocycles. The number of benzene rings is 1. The minimum Gasteiger partial charge on any atom is -0.478 e. The van der Waals surface area contributed by atoms with Crippen molar-refractivity contribution in [1.82, 2.24) is 4.72 Å². The first-order valence-corrected chi connectivity index (χ1v) is 6.81. The normalized spacial score (nSPS) is 13.2. The van der Waals surface area contributed by atoms with Crippen LogP contribution in [0.15, 0.2) is 23.1 Å². The van der Waals surface area contributed by atoms with E-state index < -0.39 is 26.7 Å². The van der Waals surface area contributed by atoms with Gasteiger partial charge in [0.05, 0.1) is 11.7 Å². The van der Waals surface area contributed by atoms with Gasteiger partial charge < -0.3 is 9.84 Å². The predicted octanol–water partition coefficient (Wildman–Crippen LogP) is 0.837. The average molecular weight is 291 g/mol. The molecule has 6 nitrogen and oxygen atoms in total. The van der Waals surface area contributed by atoms with Crippen molar-refractivity contribution >= 4 is 16.0 Å². The van der Waals surface area contributed by atoms with E-state index in [1.807, 2.05) is 0 Å². The number of carbonyl (C=O) groups is 1. The molecule has 0 aromatic heterocycles. The summed E-state index contributed by atoms with van der Waals surface area (Å²) in [5, 5.41) is 8.66. The second-order valence-electron chi connectivity index (χ2n) is 3.85. The number of hydrogen-bond acceptors (Lipinski definition) is 4. The van der Waals surface area contributed by atoms with Gasteiger partial charge in [-0.2, -0.15) is 0 Å². The Balaban J connectivity index is 2.99. The number of carboxylic acid groups (broad SMARTS) is 1. The zero-order valence-electron chi connectivity index (χ0n) is 10.4. The summed E-state index contributed by atoms with van der Waals surface area (Å²) in [5.74, 6) is -2.44. The fourth-order valence-corrected chi connectivity index (χ4v) is 2.41. The summed E-state index contributed by atoms with van der Waals surface area (Å²) < 4.78 is 44.2. The third-order valence-electron chi connectivity index (χ3n) is 2.43. The van der Waals surface area contributed by atoms with Gasteiger partial charge in [0.15, 0.2) is 0 Å². The molecule has 106 valence electrons. The van der Waals surface area contributed by atoms with Gasteiger partial charge in [0.1, 0.15) is 10.7 Å². The lowest BCUT2D eigenvalue weighted by atomic mass is 10.2. The molecule has 0 radical (unpaired) electrons. The molecule has 0 aliphatic carbocycles. The lowest BCUT2D eigenvalue weighted by molar-refractivity contribution is 0.0696. The molecule has 0 heterocycles. The number of methoxy groups -OCH3 is 1. The number of aromatic carboxylic acids is 1. The van der Waals surface area contributed by atoms with E-state index in [0.29, 0.717) is 6.07 Å². The van der Waals surface area contributed by atoms with Gasteiger partial charge in [0.25, 0.3) is 0 Å². The molecule has 0 saturated carbocycles. The van der Waals surface area contributed by atoms with Crippen molar-refractivity contribution in [3.63, 3.8) is 0 Å². The Labute approximate surface area is 110 Å². The van der Waals surface area contributed by atoms with Crippen molar-refractivity contribution in [3.05, 3.63) is 29.6 Å². The summed E-state index contributed by atoms with van der Waals surface area (Å²) in [6.07, 6.45) is -0.365. The first-order chi connectivity index (χ1) is 8.77. The molecule has 0 bridgehead atoms. The van der Waals surface area contributed by atoms with Crippen LogP contribution in [0.25, 0.3) is 0 Å². The Bertz CT molecular complexity index is 572. The molecule has 0 saturated heterocycles. The highest BCUT2D eigenvalue weighted by Gasteiger charge is 2.20. The fourth-order valence-electron chi connectivity index (χ4n) is 1.24. The second kappa shape index (κ2) is 6.09. The van der Waals surface area contributed by atoms with E-state index in [0.717, 1.165) is 12.1 Å². The molecular weight excluding hydrogens is 277 g/mol. The van der Waals surface area contributed by atoms with Gasteiger partial charge in [-0.05, 0) is 25.1 Å². The third kappa shape index (κ3) is 3.98. The van der Waals surface area contributed by atoms with Crippen molar-refractivity contribution in [2.24, 2.45) is 0 Å². The highest BCUT2D eigenvalue weighted by molar-refractivity contribution is 7.89. The quantitative estimate of drug-likeness (QED) is 0.810. The van der Waals surface area contributed by atoms with E-state index in [-0.39, 0.29) is 18.2 Å². The molecule has 1 aromatic rings. The zero-order chi connectivity index (χ0) is 14.6. The van der Waals surface area contributed by atoms with Gasteiger partial charge in [0, 0.05) is 13.7 Å². The Hall–Kier alpha value is -1.51. The summed E-state index contributed by atoms with van der Waals surface area (Å²) in [6, 6.07) is 2.61. The Morgan fingerprint density at radius 1 is 1.53 bits per heavy atom. The lowest BCUT2D eigenvalue weighted by Crippen LogP contribution is -2.32. The smallest absolute Gasteiger partial charge is 0.335 e. The maximum Gasteiger partial charge on any atom is 0.335 e. The van der Waals surface area contributed by atoms with E-state index in [2.05, 4.69) is 4.72 Å². The van der Waals surface area contributed by atoms with Gasteiger partial charge in [-0.1, -0.05) is 0 Å². The molecule has 0 aliphatic rings. The summed E-state index contributed by atoms with van der Waals surface area (Å²) in [6.45, 7) is 1.63. The molecule has 0 spiro atoms. The van der Waals surface area contributed by atoms with Crippen molar-refractivity contribution < 1.29 is 27.4 Å². The van der Waals surface area contributed by atoms with E-state index in [4.69, 9.17) is 9.84 Å². The summed E-state index contributed by atoms with van der Waals surface area (Å²) in [7, 11) is -2.62. The van der Waals surface area contributed by atoms with Crippen LogP contribution in [0.3, 0.4) is 0 Å². The number of rotatable bonds is 6. The van der Waals surface area contributed by atoms with Crippen LogP contribution in [0.2, 0.25) is 0 Å². The Kier molecular flexibility index (Phi) is 4.98. The zero-order valence-corrected chi connectivity index (χ0v) is 11.2. The maximum absolute atomic E-state index is 13.6. The van der Waals surface area contributed by atoms with Crippen molar-refractivity contribution in [3.8, 4) is 0 Å². The highest BCUT2D eigenvalue weighted by atomic mass is 32.2. The SMILES string of the molecule is COC(C)CNS(=O)(=O)c1ccc(C(=O)O)cc1F. The van der Waals surface area contributed by atoms with Gasteiger partial charge in [-0.15, -0.1) is 0 Å². The Morgan fingerprint density at radius 2 is 2.16 bits per heavy atom. The van der Waals surface area contributed by atoms with Crippen LogP contribution in [-0.4, -0.2) is 39.3 Å². The minimum atomic E-state index is -4.04. The van der Waals surface area contributed by atoms with Crippen LogP contribution in [0, 0.1) is 5.82 Å². The number of sulfonamides is 1. The molecular formula is C11H14FNO5S. The van der Waals surface area contributed by atoms with Crippen LogP contribution in [0.5, 0.6) is 0 Å². The van der Waals surface area contributed by atoms with Crippen LogP contribution >= 0.6 is 0 Å². The fraction of sp³-hybridized carbons (Fsp3) is 0.364. The van der Waals surface area contributed by atoms with E-state index in [1.54, 1.807) is 6.92 Å². The number of carboxylic acids is 1. The predicted molar refractivity (Wildman–Crippen MR) is 65.0 cm³/mol. The molecule has 19 heavy (non-hydrogen) atoms.